The minimum Gasteiger partial charge on any atom is -0.361 e. The Balaban J connectivity index is 1.30. The number of hydrogen-bond acceptors (Lipinski definition) is 5. The van der Waals surface area contributed by atoms with Crippen molar-refractivity contribution in [3.8, 4) is 11.4 Å². The van der Waals surface area contributed by atoms with E-state index in [0.717, 1.165) is 22.0 Å². The van der Waals surface area contributed by atoms with Gasteiger partial charge in [-0.1, -0.05) is 0 Å². The summed E-state index contributed by atoms with van der Waals surface area (Å²) >= 11 is 0. The zero-order chi connectivity index (χ0) is 21.1. The number of H-pyrrole nitrogens is 1. The van der Waals surface area contributed by atoms with Crippen molar-refractivity contribution in [2.45, 2.75) is 6.42 Å². The first kappa shape index (κ1) is 19.2. The number of nitrogens with zero attached hydrogens (tertiary/aromatic N) is 4. The van der Waals surface area contributed by atoms with Crippen LogP contribution in [0.15, 0.2) is 48.7 Å². The van der Waals surface area contributed by atoms with Crippen molar-refractivity contribution in [1.82, 2.24) is 30.5 Å². The summed E-state index contributed by atoms with van der Waals surface area (Å²) in [6, 6.07) is 11.2. The highest BCUT2D eigenvalue weighted by atomic mass is 19.1. The molecule has 10 heteroatoms. The van der Waals surface area contributed by atoms with E-state index >= 15 is 0 Å². The minimum absolute atomic E-state index is 0.243. The molecule has 152 valence electrons. The van der Waals surface area contributed by atoms with Crippen LogP contribution in [0.1, 0.15) is 5.56 Å². The van der Waals surface area contributed by atoms with E-state index in [1.54, 1.807) is 43.6 Å². The van der Waals surface area contributed by atoms with Gasteiger partial charge in [-0.3, -0.25) is 9.59 Å². The van der Waals surface area contributed by atoms with Crippen LogP contribution in [-0.2, 0) is 23.1 Å². The second-order valence-corrected chi connectivity index (χ2v) is 6.64. The van der Waals surface area contributed by atoms with Gasteiger partial charge in [-0.2, -0.15) is 4.80 Å². The van der Waals surface area contributed by atoms with Gasteiger partial charge in [-0.05, 0) is 59.7 Å². The fourth-order valence-electron chi connectivity index (χ4n) is 3.04. The second kappa shape index (κ2) is 8.11. The number of benzene rings is 2. The van der Waals surface area contributed by atoms with Crippen LogP contribution in [0.2, 0.25) is 0 Å². The van der Waals surface area contributed by atoms with Gasteiger partial charge in [0.25, 0.3) is 0 Å². The van der Waals surface area contributed by atoms with Gasteiger partial charge in [0.1, 0.15) is 5.82 Å². The normalized spacial score (nSPS) is 10.9. The first-order chi connectivity index (χ1) is 14.5. The Morgan fingerprint density at radius 3 is 2.67 bits per heavy atom. The fraction of sp³-hybridized carbons (Fsp3) is 0.150. The van der Waals surface area contributed by atoms with Gasteiger partial charge in [0.05, 0.1) is 7.05 Å². The van der Waals surface area contributed by atoms with Crippen LogP contribution in [0.5, 0.6) is 0 Å². The Labute approximate surface area is 170 Å². The Morgan fingerprint density at radius 1 is 1.13 bits per heavy atom. The van der Waals surface area contributed by atoms with Crippen molar-refractivity contribution in [2.24, 2.45) is 7.05 Å². The molecule has 0 spiro atoms. The lowest BCUT2D eigenvalue weighted by Crippen LogP contribution is -2.36. The van der Waals surface area contributed by atoms with E-state index in [-0.39, 0.29) is 12.4 Å². The van der Waals surface area contributed by atoms with Gasteiger partial charge >= 0.3 is 11.8 Å². The molecule has 0 aliphatic heterocycles. The van der Waals surface area contributed by atoms with Crippen LogP contribution in [0, 0.1) is 5.82 Å². The highest BCUT2D eigenvalue weighted by Gasteiger charge is 2.14. The molecular weight excluding hydrogens is 389 g/mol. The largest absolute Gasteiger partial charge is 0.361 e. The van der Waals surface area contributed by atoms with E-state index in [1.165, 1.54) is 16.9 Å². The van der Waals surface area contributed by atoms with Crippen molar-refractivity contribution in [2.75, 3.05) is 11.9 Å². The molecule has 4 rings (SSSR count). The number of tetrazole rings is 1. The average Bonchev–Trinajstić information content (AvgIpc) is 3.34. The highest BCUT2D eigenvalue weighted by molar-refractivity contribution is 6.39. The molecule has 0 atom stereocenters. The lowest BCUT2D eigenvalue weighted by molar-refractivity contribution is -0.136. The number of aryl methyl sites for hydroxylation is 1. The van der Waals surface area contributed by atoms with Gasteiger partial charge in [-0.25, -0.2) is 4.39 Å². The molecule has 2 aromatic heterocycles. The third kappa shape index (κ3) is 4.17. The maximum atomic E-state index is 13.4. The maximum Gasteiger partial charge on any atom is 0.313 e. The van der Waals surface area contributed by atoms with Gasteiger partial charge in [0.2, 0.25) is 5.82 Å². The molecule has 4 aromatic rings. The summed E-state index contributed by atoms with van der Waals surface area (Å²) in [5, 5.41) is 17.6. The Hall–Kier alpha value is -4.08. The molecule has 3 N–H and O–H groups in total. The summed E-state index contributed by atoms with van der Waals surface area (Å²) in [6.07, 6.45) is 2.23. The summed E-state index contributed by atoms with van der Waals surface area (Å²) in [6.45, 7) is 0.243. The smallest absolute Gasteiger partial charge is 0.313 e. The van der Waals surface area contributed by atoms with Gasteiger partial charge in [-0.15, -0.1) is 10.2 Å². The molecule has 0 aliphatic rings. The molecule has 0 bridgehead atoms. The molecule has 30 heavy (non-hydrogen) atoms. The molecule has 9 nitrogen and oxygen atoms in total. The van der Waals surface area contributed by atoms with Crippen LogP contribution >= 0.6 is 0 Å². The molecule has 0 fully saturated rings. The first-order valence-electron chi connectivity index (χ1n) is 9.19. The number of carbonyl (C=O) groups excluding carboxylic acids is 2. The molecule has 0 saturated carbocycles. The van der Waals surface area contributed by atoms with E-state index in [1.807, 2.05) is 0 Å². The predicted molar refractivity (Wildman–Crippen MR) is 108 cm³/mol. The number of halogens is 1. The fourth-order valence-corrected chi connectivity index (χ4v) is 3.04. The third-order valence-corrected chi connectivity index (χ3v) is 4.52. The van der Waals surface area contributed by atoms with Gasteiger partial charge in [0, 0.05) is 34.9 Å². The molecule has 2 aromatic carbocycles. The van der Waals surface area contributed by atoms with Crippen molar-refractivity contribution in [1.29, 1.82) is 0 Å². The molecule has 0 radical (unpaired) electrons. The highest BCUT2D eigenvalue weighted by Crippen LogP contribution is 2.20. The lowest BCUT2D eigenvalue weighted by atomic mass is 10.1. The lowest BCUT2D eigenvalue weighted by Gasteiger charge is -2.07. The monoisotopic (exact) mass is 407 g/mol. The molecule has 0 unspecified atom stereocenters. The SMILES string of the molecule is Cn1nnc(-c2ccc(NC(=O)C(=O)NCCc3c[nH]c4ccc(F)cc34)cc2)n1. The standard InChI is InChI=1S/C20H18FN7O2/c1-28-26-18(25-27-28)12-2-5-15(6-3-12)24-20(30)19(29)22-9-8-13-11-23-17-7-4-14(21)10-16(13)17/h2-7,10-11,23H,8-9H2,1H3,(H,22,29)(H,24,30). The van der Waals surface area contributed by atoms with Crippen LogP contribution in [0.3, 0.4) is 0 Å². The maximum absolute atomic E-state index is 13.4. The third-order valence-electron chi connectivity index (χ3n) is 4.52. The van der Waals surface area contributed by atoms with E-state index in [2.05, 4.69) is 31.0 Å². The molecule has 0 saturated heterocycles. The van der Waals surface area contributed by atoms with Crippen LogP contribution < -0.4 is 10.6 Å². The summed E-state index contributed by atoms with van der Waals surface area (Å²) < 4.78 is 13.4. The summed E-state index contributed by atoms with van der Waals surface area (Å²) in [5.41, 5.74) is 2.88. The summed E-state index contributed by atoms with van der Waals surface area (Å²) in [7, 11) is 1.67. The van der Waals surface area contributed by atoms with Crippen molar-refractivity contribution in [3.63, 3.8) is 0 Å². The molecule has 2 heterocycles. The van der Waals surface area contributed by atoms with E-state index in [4.69, 9.17) is 0 Å². The number of amides is 2. The number of rotatable bonds is 5. The topological polar surface area (TPSA) is 118 Å². The number of nitrogens with one attached hydrogen (secondary N) is 3. The summed E-state index contributed by atoms with van der Waals surface area (Å²) in [4.78, 5) is 28.6. The van der Waals surface area contributed by atoms with Crippen molar-refractivity contribution >= 4 is 28.4 Å². The van der Waals surface area contributed by atoms with Crippen molar-refractivity contribution < 1.29 is 14.0 Å². The van der Waals surface area contributed by atoms with Crippen LogP contribution in [0.25, 0.3) is 22.3 Å². The zero-order valence-corrected chi connectivity index (χ0v) is 16.0. The number of hydrogen-bond donors (Lipinski definition) is 3. The second-order valence-electron chi connectivity index (χ2n) is 6.64. The molecule has 0 aliphatic carbocycles. The number of anilines is 1. The van der Waals surface area contributed by atoms with Gasteiger partial charge < -0.3 is 15.6 Å². The number of carbonyl (C=O) groups is 2. The predicted octanol–water partition coefficient (Wildman–Crippen LogP) is 1.79. The minimum atomic E-state index is -0.773. The number of aromatic amines is 1. The van der Waals surface area contributed by atoms with Crippen LogP contribution in [-0.4, -0.2) is 43.6 Å². The van der Waals surface area contributed by atoms with E-state index in [0.29, 0.717) is 17.9 Å². The van der Waals surface area contributed by atoms with Crippen LogP contribution in [0.4, 0.5) is 10.1 Å². The Bertz CT molecular complexity index is 1210. The van der Waals surface area contributed by atoms with Crippen molar-refractivity contribution in [3.05, 3.63) is 60.0 Å². The average molecular weight is 407 g/mol. The molecular formula is C20H18FN7O2. The number of aromatic nitrogens is 5. The first-order valence-corrected chi connectivity index (χ1v) is 9.19. The Morgan fingerprint density at radius 2 is 1.93 bits per heavy atom. The Kier molecular flexibility index (Phi) is 5.21. The van der Waals surface area contributed by atoms with E-state index < -0.39 is 11.8 Å². The van der Waals surface area contributed by atoms with E-state index in [9.17, 15) is 14.0 Å². The quantitative estimate of drug-likeness (QED) is 0.436. The molecule has 2 amide bonds. The van der Waals surface area contributed by atoms with Gasteiger partial charge in [0.15, 0.2) is 0 Å². The zero-order valence-electron chi connectivity index (χ0n) is 16.0. The number of fused-ring (bicyclic) bond motifs is 1. The summed E-state index contributed by atoms with van der Waals surface area (Å²) in [5.74, 6) is -1.39.